The van der Waals surface area contributed by atoms with Gasteiger partial charge in [0.25, 0.3) is 10.0 Å². The van der Waals surface area contributed by atoms with E-state index in [4.69, 9.17) is 9.47 Å². The molecule has 0 spiro atoms. The fourth-order valence-electron chi connectivity index (χ4n) is 3.13. The highest BCUT2D eigenvalue weighted by Crippen LogP contribution is 2.25. The van der Waals surface area contributed by atoms with Crippen molar-refractivity contribution >= 4 is 15.7 Å². The SMILES string of the molecule is O=S(=O)(Nc1ccc(Oc2ccc(-n3cccn3)nn2)cc1)c1ccc(Oc2ccccc2)cc1. The Morgan fingerprint density at radius 3 is 2.03 bits per heavy atom. The molecule has 2 heterocycles. The van der Waals surface area contributed by atoms with Crippen LogP contribution < -0.4 is 14.2 Å². The van der Waals surface area contributed by atoms with Crippen molar-refractivity contribution < 1.29 is 17.9 Å². The van der Waals surface area contributed by atoms with Crippen LogP contribution in [0.15, 0.2) is 114 Å². The number of sulfonamides is 1. The molecule has 0 saturated carbocycles. The molecule has 0 unspecified atom stereocenters. The summed E-state index contributed by atoms with van der Waals surface area (Å²) in [5, 5.41) is 12.2. The average molecular weight is 486 g/mol. The summed E-state index contributed by atoms with van der Waals surface area (Å²) in [5.74, 6) is 2.55. The number of rotatable bonds is 8. The summed E-state index contributed by atoms with van der Waals surface area (Å²) in [5.41, 5.74) is 0.391. The van der Waals surface area contributed by atoms with E-state index in [1.165, 1.54) is 12.1 Å². The molecule has 174 valence electrons. The van der Waals surface area contributed by atoms with Gasteiger partial charge >= 0.3 is 0 Å². The molecule has 9 nitrogen and oxygen atoms in total. The molecule has 5 aromatic rings. The third kappa shape index (κ3) is 5.45. The van der Waals surface area contributed by atoms with Crippen LogP contribution in [0.25, 0.3) is 5.82 Å². The van der Waals surface area contributed by atoms with Crippen molar-refractivity contribution in [3.63, 3.8) is 0 Å². The molecule has 0 bridgehead atoms. The second-order valence-corrected chi connectivity index (χ2v) is 8.98. The Morgan fingerprint density at radius 2 is 1.37 bits per heavy atom. The fraction of sp³-hybridized carbons (Fsp3) is 0. The van der Waals surface area contributed by atoms with Crippen molar-refractivity contribution in [1.29, 1.82) is 0 Å². The number of aromatic nitrogens is 4. The Balaban J connectivity index is 1.21. The summed E-state index contributed by atoms with van der Waals surface area (Å²) >= 11 is 0. The monoisotopic (exact) mass is 485 g/mol. The van der Waals surface area contributed by atoms with Gasteiger partial charge in [-0.1, -0.05) is 18.2 Å². The number of hydrogen-bond donors (Lipinski definition) is 1. The highest BCUT2D eigenvalue weighted by molar-refractivity contribution is 7.92. The standard InChI is InChI=1S/C25H19N5O4S/c31-35(32,23-13-11-21(12-14-23)33-20-5-2-1-3-6-20)29-19-7-9-22(10-8-19)34-25-16-15-24(27-28-25)30-18-4-17-26-30/h1-18,29H. The van der Waals surface area contributed by atoms with Gasteiger partial charge in [0.2, 0.25) is 5.88 Å². The lowest BCUT2D eigenvalue weighted by molar-refractivity contribution is 0.454. The van der Waals surface area contributed by atoms with Crippen LogP contribution in [0.2, 0.25) is 0 Å². The molecule has 0 atom stereocenters. The fourth-order valence-corrected chi connectivity index (χ4v) is 4.19. The Kier molecular flexibility index (Phi) is 6.10. The first-order chi connectivity index (χ1) is 17.0. The van der Waals surface area contributed by atoms with Gasteiger partial charge in [-0.25, -0.2) is 13.1 Å². The van der Waals surface area contributed by atoms with Crippen LogP contribution in [0.1, 0.15) is 0 Å². The van der Waals surface area contributed by atoms with Gasteiger partial charge in [0.05, 0.1) is 4.90 Å². The summed E-state index contributed by atoms with van der Waals surface area (Å²) in [4.78, 5) is 0.116. The van der Waals surface area contributed by atoms with Gasteiger partial charge in [-0.15, -0.1) is 10.2 Å². The quantitative estimate of drug-likeness (QED) is 0.328. The third-order valence-corrected chi connectivity index (χ3v) is 6.20. The first-order valence-electron chi connectivity index (χ1n) is 10.5. The van der Waals surface area contributed by atoms with Crippen molar-refractivity contribution in [2.24, 2.45) is 0 Å². The molecule has 0 aliphatic rings. The van der Waals surface area contributed by atoms with E-state index in [0.29, 0.717) is 34.6 Å². The molecule has 0 saturated heterocycles. The number of hydrogen-bond acceptors (Lipinski definition) is 7. The van der Waals surface area contributed by atoms with Crippen LogP contribution in [0.5, 0.6) is 23.1 Å². The zero-order valence-corrected chi connectivity index (χ0v) is 19.0. The average Bonchev–Trinajstić information content (AvgIpc) is 3.42. The molecule has 0 fully saturated rings. The van der Waals surface area contributed by atoms with Crippen molar-refractivity contribution in [2.75, 3.05) is 4.72 Å². The maximum absolute atomic E-state index is 12.8. The molecule has 10 heteroatoms. The van der Waals surface area contributed by atoms with E-state index in [2.05, 4.69) is 20.0 Å². The van der Waals surface area contributed by atoms with Crippen LogP contribution in [-0.4, -0.2) is 28.4 Å². The normalized spacial score (nSPS) is 11.1. The summed E-state index contributed by atoms with van der Waals surface area (Å²) in [7, 11) is -3.78. The lowest BCUT2D eigenvalue weighted by Gasteiger charge is -2.10. The second kappa shape index (κ2) is 9.65. The maximum Gasteiger partial charge on any atom is 0.261 e. The Hall–Kier alpha value is -4.70. The Labute approximate surface area is 201 Å². The molecular formula is C25H19N5O4S. The molecule has 0 radical (unpaired) electrons. The largest absolute Gasteiger partial charge is 0.457 e. The molecule has 35 heavy (non-hydrogen) atoms. The minimum absolute atomic E-state index is 0.116. The van der Waals surface area contributed by atoms with Crippen LogP contribution in [0.3, 0.4) is 0 Å². The van der Waals surface area contributed by atoms with Gasteiger partial charge in [-0.3, -0.25) is 4.72 Å². The highest BCUT2D eigenvalue weighted by Gasteiger charge is 2.14. The zero-order chi connectivity index (χ0) is 24.1. The third-order valence-electron chi connectivity index (χ3n) is 4.81. The number of nitrogens with one attached hydrogen (secondary N) is 1. The smallest absolute Gasteiger partial charge is 0.261 e. The number of benzene rings is 3. The minimum Gasteiger partial charge on any atom is -0.457 e. The van der Waals surface area contributed by atoms with Gasteiger partial charge in [-0.05, 0) is 72.8 Å². The number of nitrogens with zero attached hydrogens (tertiary/aromatic N) is 4. The topological polar surface area (TPSA) is 108 Å². The zero-order valence-electron chi connectivity index (χ0n) is 18.2. The van der Waals surface area contributed by atoms with Crippen LogP contribution >= 0.6 is 0 Å². The van der Waals surface area contributed by atoms with Crippen LogP contribution in [-0.2, 0) is 10.0 Å². The van der Waals surface area contributed by atoms with Gasteiger partial charge in [0.15, 0.2) is 5.82 Å². The molecule has 1 N–H and O–H groups in total. The van der Waals surface area contributed by atoms with Crippen molar-refractivity contribution in [3.8, 4) is 28.9 Å². The highest BCUT2D eigenvalue weighted by atomic mass is 32.2. The van der Waals surface area contributed by atoms with Crippen molar-refractivity contribution in [3.05, 3.63) is 109 Å². The summed E-state index contributed by atoms with van der Waals surface area (Å²) < 4.78 is 41.1. The summed E-state index contributed by atoms with van der Waals surface area (Å²) in [6.07, 6.45) is 3.41. The summed E-state index contributed by atoms with van der Waals surface area (Å²) in [6, 6.07) is 27.1. The van der Waals surface area contributed by atoms with Crippen molar-refractivity contribution in [2.45, 2.75) is 4.90 Å². The summed E-state index contributed by atoms with van der Waals surface area (Å²) in [6.45, 7) is 0. The van der Waals surface area contributed by atoms with Gasteiger partial charge in [0, 0.05) is 24.1 Å². The van der Waals surface area contributed by atoms with E-state index in [-0.39, 0.29) is 4.90 Å². The molecule has 5 rings (SSSR count). The second-order valence-electron chi connectivity index (χ2n) is 7.30. The first-order valence-corrected chi connectivity index (χ1v) is 12.0. The van der Waals surface area contributed by atoms with Gasteiger partial charge in [-0.2, -0.15) is 5.10 Å². The molecule has 2 aromatic heterocycles. The van der Waals surface area contributed by atoms with Gasteiger partial charge in [0.1, 0.15) is 17.2 Å². The van der Waals surface area contributed by atoms with E-state index in [0.717, 1.165) is 0 Å². The number of ether oxygens (including phenoxy) is 2. The first kappa shape index (κ1) is 22.1. The van der Waals surface area contributed by atoms with E-state index < -0.39 is 10.0 Å². The van der Waals surface area contributed by atoms with Crippen LogP contribution in [0.4, 0.5) is 5.69 Å². The Morgan fingerprint density at radius 1 is 0.686 bits per heavy atom. The Bertz CT molecular complexity index is 1490. The van der Waals surface area contributed by atoms with Gasteiger partial charge < -0.3 is 9.47 Å². The van der Waals surface area contributed by atoms with E-state index >= 15 is 0 Å². The predicted molar refractivity (Wildman–Crippen MR) is 129 cm³/mol. The maximum atomic E-state index is 12.8. The molecule has 3 aromatic carbocycles. The van der Waals surface area contributed by atoms with E-state index in [1.54, 1.807) is 71.7 Å². The number of para-hydroxylation sites is 1. The molecule has 0 aliphatic heterocycles. The van der Waals surface area contributed by atoms with E-state index in [9.17, 15) is 8.42 Å². The lowest BCUT2D eigenvalue weighted by Crippen LogP contribution is -2.12. The molecule has 0 amide bonds. The van der Waals surface area contributed by atoms with E-state index in [1.807, 2.05) is 30.3 Å². The molecular weight excluding hydrogens is 466 g/mol. The molecule has 0 aliphatic carbocycles. The van der Waals surface area contributed by atoms with Crippen LogP contribution in [0, 0.1) is 0 Å². The van der Waals surface area contributed by atoms with Crippen molar-refractivity contribution in [1.82, 2.24) is 20.0 Å². The minimum atomic E-state index is -3.78. The lowest BCUT2D eigenvalue weighted by atomic mass is 10.3. The number of anilines is 1. The predicted octanol–water partition coefficient (Wildman–Crippen LogP) is 5.05.